The van der Waals surface area contributed by atoms with E-state index in [1.165, 1.54) is 51.4 Å². The van der Waals surface area contributed by atoms with Crippen molar-refractivity contribution in [2.45, 2.75) is 90.9 Å². The Morgan fingerprint density at radius 1 is 0.828 bits per heavy atom. The van der Waals surface area contributed by atoms with E-state index >= 15 is 0 Å². The SMILES string of the molecule is CCCCCCCCCCCCCOP(=O)(O)O.CCCS(=O)(=O)O.CNC.[H-].[Na+]. The van der Waals surface area contributed by atoms with E-state index in [0.29, 0.717) is 6.42 Å². The van der Waals surface area contributed by atoms with Crippen LogP contribution >= 0.6 is 7.82 Å². The van der Waals surface area contributed by atoms with Crippen LogP contribution in [0, 0.1) is 0 Å². The molecule has 176 valence electrons. The van der Waals surface area contributed by atoms with Crippen LogP contribution in [0.15, 0.2) is 0 Å². The molecule has 0 amide bonds. The molecule has 0 saturated heterocycles. The van der Waals surface area contributed by atoms with Crippen molar-refractivity contribution >= 4 is 17.9 Å². The van der Waals surface area contributed by atoms with Crippen LogP contribution in [0.2, 0.25) is 0 Å². The molecule has 4 N–H and O–H groups in total. The Hall–Kier alpha value is 0.980. The Balaban J connectivity index is -0.000000146. The molecule has 0 fully saturated rings. The van der Waals surface area contributed by atoms with E-state index < -0.39 is 17.9 Å². The molecule has 0 aliphatic heterocycles. The second-order valence-corrected chi connectivity index (χ2v) is 9.46. The van der Waals surface area contributed by atoms with Crippen molar-refractivity contribution in [2.75, 3.05) is 26.5 Å². The minimum atomic E-state index is -4.25. The third-order valence-corrected chi connectivity index (χ3v) is 4.91. The smallest absolute Gasteiger partial charge is 1.00 e. The molecule has 0 aliphatic rings. The number of phosphoric acid groups is 1. The van der Waals surface area contributed by atoms with E-state index in [-0.39, 0.29) is 43.3 Å². The van der Waals surface area contributed by atoms with Crippen molar-refractivity contribution in [2.24, 2.45) is 0 Å². The van der Waals surface area contributed by atoms with Gasteiger partial charge in [-0.25, -0.2) is 4.57 Å². The van der Waals surface area contributed by atoms with Crippen molar-refractivity contribution in [3.05, 3.63) is 0 Å². The molecule has 11 heteroatoms. The first-order valence-corrected chi connectivity index (χ1v) is 13.4. The Labute approximate surface area is 202 Å². The maximum absolute atomic E-state index is 10.4. The van der Waals surface area contributed by atoms with Crippen LogP contribution in [0.25, 0.3) is 0 Å². The van der Waals surface area contributed by atoms with E-state index in [2.05, 4.69) is 16.8 Å². The maximum atomic E-state index is 10.4. The number of hydrogen-bond donors (Lipinski definition) is 4. The maximum Gasteiger partial charge on any atom is 1.00 e. The molecule has 29 heavy (non-hydrogen) atoms. The summed E-state index contributed by atoms with van der Waals surface area (Å²) in [5.74, 6) is -0.132. The van der Waals surface area contributed by atoms with Gasteiger partial charge in [-0.05, 0) is 26.9 Å². The first-order valence-electron chi connectivity index (χ1n) is 10.3. The molecule has 0 atom stereocenters. The normalized spacial score (nSPS) is 10.9. The summed E-state index contributed by atoms with van der Waals surface area (Å²) in [6.45, 7) is 4.09. The number of rotatable bonds is 15. The van der Waals surface area contributed by atoms with Crippen LogP contribution in [0.1, 0.15) is 92.3 Å². The molecule has 8 nitrogen and oxygen atoms in total. The first kappa shape index (κ1) is 37.3. The number of hydrogen-bond acceptors (Lipinski definition) is 5. The molecular formula is C18H45NNaO7PS. The van der Waals surface area contributed by atoms with Gasteiger partial charge >= 0.3 is 37.4 Å². The van der Waals surface area contributed by atoms with Gasteiger partial charge in [0.2, 0.25) is 0 Å². The minimum absolute atomic E-state index is 0. The summed E-state index contributed by atoms with van der Waals surface area (Å²) in [6.07, 6.45) is 13.9. The molecule has 0 aromatic heterocycles. The fourth-order valence-corrected chi connectivity index (χ4v) is 3.09. The summed E-state index contributed by atoms with van der Waals surface area (Å²) in [5, 5.41) is 2.75. The molecule has 0 aliphatic carbocycles. The quantitative estimate of drug-likeness (QED) is 0.122. The molecule has 0 unspecified atom stereocenters. The second kappa shape index (κ2) is 27.0. The summed E-state index contributed by atoms with van der Waals surface area (Å²) < 4.78 is 42.3. The van der Waals surface area contributed by atoms with Gasteiger partial charge in [-0.2, -0.15) is 8.42 Å². The Morgan fingerprint density at radius 3 is 1.41 bits per heavy atom. The van der Waals surface area contributed by atoms with Crippen LogP contribution in [0.3, 0.4) is 0 Å². The van der Waals surface area contributed by atoms with Crippen molar-refractivity contribution in [1.29, 1.82) is 0 Å². The molecule has 0 aromatic carbocycles. The van der Waals surface area contributed by atoms with Gasteiger partial charge in [-0.1, -0.05) is 78.1 Å². The van der Waals surface area contributed by atoms with E-state index in [1.807, 2.05) is 14.1 Å². The van der Waals surface area contributed by atoms with E-state index in [4.69, 9.17) is 14.3 Å². The van der Waals surface area contributed by atoms with Crippen molar-refractivity contribution in [3.8, 4) is 0 Å². The molecule has 0 bridgehead atoms. The number of phosphoric ester groups is 1. The second-order valence-electron chi connectivity index (χ2n) is 6.65. The zero-order valence-corrected chi connectivity index (χ0v) is 22.9. The minimum Gasteiger partial charge on any atom is -1.00 e. The van der Waals surface area contributed by atoms with Gasteiger partial charge in [0, 0.05) is 0 Å². The molecule has 0 saturated carbocycles. The van der Waals surface area contributed by atoms with Gasteiger partial charge < -0.3 is 16.5 Å². The van der Waals surface area contributed by atoms with Crippen LogP contribution in [0.4, 0.5) is 0 Å². The van der Waals surface area contributed by atoms with E-state index in [9.17, 15) is 13.0 Å². The van der Waals surface area contributed by atoms with Gasteiger partial charge in [0.15, 0.2) is 0 Å². The zero-order chi connectivity index (χ0) is 22.3. The van der Waals surface area contributed by atoms with Crippen molar-refractivity contribution < 1.29 is 62.8 Å². The largest absolute Gasteiger partial charge is 1.00 e. The monoisotopic (exact) mass is 473 g/mol. The van der Waals surface area contributed by atoms with Gasteiger partial charge in [0.05, 0.1) is 12.4 Å². The van der Waals surface area contributed by atoms with Gasteiger partial charge in [-0.3, -0.25) is 9.08 Å². The van der Waals surface area contributed by atoms with Crippen LogP contribution in [0.5, 0.6) is 0 Å². The summed E-state index contributed by atoms with van der Waals surface area (Å²) in [4.78, 5) is 16.9. The summed E-state index contributed by atoms with van der Waals surface area (Å²) in [7, 11) is -4.17. The molecular weight excluding hydrogens is 428 g/mol. The van der Waals surface area contributed by atoms with Gasteiger partial charge in [-0.15, -0.1) is 0 Å². The summed E-state index contributed by atoms with van der Waals surface area (Å²) >= 11 is 0. The van der Waals surface area contributed by atoms with Gasteiger partial charge in [0.1, 0.15) is 0 Å². The number of unbranched alkanes of at least 4 members (excludes halogenated alkanes) is 10. The molecule has 0 rings (SSSR count). The average molecular weight is 474 g/mol. The van der Waals surface area contributed by atoms with Crippen LogP contribution in [-0.4, -0.2) is 49.2 Å². The molecule has 0 radical (unpaired) electrons. The first-order chi connectivity index (χ1) is 13.0. The predicted octanol–water partition coefficient (Wildman–Crippen LogP) is 1.64. The molecule has 0 heterocycles. The fourth-order valence-electron chi connectivity index (χ4n) is 2.21. The van der Waals surface area contributed by atoms with Crippen LogP contribution < -0.4 is 34.9 Å². The van der Waals surface area contributed by atoms with Crippen molar-refractivity contribution in [3.63, 3.8) is 0 Å². The third kappa shape index (κ3) is 52.8. The number of nitrogens with one attached hydrogen (secondary N) is 1. The summed E-state index contributed by atoms with van der Waals surface area (Å²) in [6, 6.07) is 0. The summed E-state index contributed by atoms with van der Waals surface area (Å²) in [5.41, 5.74) is 0. The van der Waals surface area contributed by atoms with Crippen molar-refractivity contribution in [1.82, 2.24) is 5.32 Å². The predicted molar refractivity (Wildman–Crippen MR) is 117 cm³/mol. The Morgan fingerprint density at radius 2 is 1.17 bits per heavy atom. The topological polar surface area (TPSA) is 133 Å². The standard InChI is InChI=1S/C13H29O4P.C3H8O3S.C2H7N.Na.H/c1-2-3-4-5-6-7-8-9-10-11-12-13-17-18(14,15)16;1-2-3-7(4,5)6;1-3-2;;/h2-13H2,1H3,(H2,14,15,16);2-3H2,1H3,(H,4,5,6);3H,1-2H3;;/q;;;+1;-1. The molecule has 0 aromatic rings. The Kier molecular flexibility index (Phi) is 34.7. The fraction of sp³-hybridized carbons (Fsp3) is 1.00. The zero-order valence-electron chi connectivity index (χ0n) is 20.2. The average Bonchev–Trinajstić information content (AvgIpc) is 2.55. The van der Waals surface area contributed by atoms with E-state index in [0.717, 1.165) is 19.3 Å². The Bertz CT molecular complexity index is 454. The van der Waals surface area contributed by atoms with Gasteiger partial charge in [0.25, 0.3) is 10.1 Å². The third-order valence-electron chi connectivity index (χ3n) is 3.47. The molecule has 0 spiro atoms. The van der Waals surface area contributed by atoms with E-state index in [1.54, 1.807) is 6.92 Å². The van der Waals surface area contributed by atoms with Crippen LogP contribution in [-0.2, 0) is 19.2 Å².